The van der Waals surface area contributed by atoms with Crippen molar-refractivity contribution in [2.24, 2.45) is 0 Å². The van der Waals surface area contributed by atoms with E-state index in [1.54, 1.807) is 0 Å². The molecule has 0 N–H and O–H groups in total. The topological polar surface area (TPSA) is 42.2 Å². The maximum absolute atomic E-state index is 5.48. The van der Waals surface area contributed by atoms with E-state index in [0.717, 1.165) is 17.6 Å². The number of aryl methyl sites for hydroxylation is 1. The zero-order chi connectivity index (χ0) is 13.2. The lowest BCUT2D eigenvalue weighted by atomic mass is 10.0. The van der Waals surface area contributed by atoms with E-state index in [1.165, 1.54) is 18.4 Å². The van der Waals surface area contributed by atoms with E-state index in [9.17, 15) is 0 Å². The average molecular weight is 322 g/mol. The molecule has 1 saturated heterocycles. The van der Waals surface area contributed by atoms with Crippen LogP contribution in [0.5, 0.6) is 0 Å². The standard InChI is InChI=1S/C14H16BrN3O/c1-10-16-17-14(19-10)9-18-8-2-3-13(18)11-4-6-12(15)7-5-11/h4-7,13H,2-3,8-9H2,1H3. The zero-order valence-electron chi connectivity index (χ0n) is 10.8. The van der Waals surface area contributed by atoms with Crippen LogP contribution in [0.1, 0.15) is 36.2 Å². The van der Waals surface area contributed by atoms with Gasteiger partial charge in [-0.25, -0.2) is 0 Å². The molecule has 2 heterocycles. The predicted octanol–water partition coefficient (Wildman–Crippen LogP) is 3.48. The summed E-state index contributed by atoms with van der Waals surface area (Å²) in [4.78, 5) is 2.41. The Morgan fingerprint density at radius 1 is 1.32 bits per heavy atom. The van der Waals surface area contributed by atoms with Gasteiger partial charge >= 0.3 is 0 Å². The van der Waals surface area contributed by atoms with E-state index in [0.29, 0.717) is 17.8 Å². The van der Waals surface area contributed by atoms with Gasteiger partial charge in [0.05, 0.1) is 6.54 Å². The maximum atomic E-state index is 5.48. The van der Waals surface area contributed by atoms with Crippen molar-refractivity contribution in [3.05, 3.63) is 46.1 Å². The Bertz CT molecular complexity index is 552. The molecule has 0 aliphatic carbocycles. The number of benzene rings is 1. The number of hydrogen-bond acceptors (Lipinski definition) is 4. The Morgan fingerprint density at radius 3 is 2.79 bits per heavy atom. The van der Waals surface area contributed by atoms with Gasteiger partial charge in [-0.1, -0.05) is 28.1 Å². The minimum absolute atomic E-state index is 0.459. The molecule has 1 atom stereocenters. The minimum Gasteiger partial charge on any atom is -0.424 e. The second kappa shape index (κ2) is 5.43. The number of nitrogens with zero attached hydrogens (tertiary/aromatic N) is 3. The average Bonchev–Trinajstić information content (AvgIpc) is 3.00. The van der Waals surface area contributed by atoms with E-state index in [2.05, 4.69) is 55.3 Å². The Balaban J connectivity index is 1.76. The van der Waals surface area contributed by atoms with Crippen LogP contribution >= 0.6 is 15.9 Å². The highest BCUT2D eigenvalue weighted by molar-refractivity contribution is 9.10. The number of likely N-dealkylation sites (tertiary alicyclic amines) is 1. The molecule has 1 aromatic heterocycles. The van der Waals surface area contributed by atoms with Crippen molar-refractivity contribution in [1.29, 1.82) is 0 Å². The Kier molecular flexibility index (Phi) is 3.66. The lowest BCUT2D eigenvalue weighted by Gasteiger charge is -2.23. The van der Waals surface area contributed by atoms with Gasteiger partial charge in [-0.05, 0) is 37.1 Å². The van der Waals surface area contributed by atoms with Gasteiger partial charge < -0.3 is 4.42 Å². The molecule has 1 unspecified atom stereocenters. The van der Waals surface area contributed by atoms with E-state index in [-0.39, 0.29) is 0 Å². The van der Waals surface area contributed by atoms with Crippen LogP contribution in [0, 0.1) is 6.92 Å². The van der Waals surface area contributed by atoms with Crippen LogP contribution in [0.4, 0.5) is 0 Å². The van der Waals surface area contributed by atoms with Crippen LogP contribution in [0.15, 0.2) is 33.2 Å². The highest BCUT2D eigenvalue weighted by atomic mass is 79.9. The third-order valence-corrected chi connectivity index (χ3v) is 4.05. The first-order chi connectivity index (χ1) is 9.22. The Labute approximate surface area is 121 Å². The Hall–Kier alpha value is -1.20. The third-order valence-electron chi connectivity index (χ3n) is 3.52. The highest BCUT2D eigenvalue weighted by Gasteiger charge is 2.27. The van der Waals surface area contributed by atoms with Crippen LogP contribution < -0.4 is 0 Å². The number of aromatic nitrogens is 2. The van der Waals surface area contributed by atoms with Crippen molar-refractivity contribution in [3.8, 4) is 0 Å². The van der Waals surface area contributed by atoms with Gasteiger partial charge in [0.1, 0.15) is 0 Å². The molecule has 5 heteroatoms. The summed E-state index contributed by atoms with van der Waals surface area (Å²) in [6, 6.07) is 9.03. The molecule has 0 amide bonds. The summed E-state index contributed by atoms with van der Waals surface area (Å²) in [5, 5.41) is 7.97. The van der Waals surface area contributed by atoms with Crippen LogP contribution in [0.2, 0.25) is 0 Å². The summed E-state index contributed by atoms with van der Waals surface area (Å²) in [6.07, 6.45) is 2.41. The van der Waals surface area contributed by atoms with Crippen molar-refractivity contribution in [1.82, 2.24) is 15.1 Å². The normalized spacial score (nSPS) is 20.0. The molecule has 0 spiro atoms. The number of halogens is 1. The second-order valence-corrected chi connectivity index (χ2v) is 5.81. The summed E-state index contributed by atoms with van der Waals surface area (Å²) in [5.74, 6) is 1.34. The molecular weight excluding hydrogens is 306 g/mol. The maximum Gasteiger partial charge on any atom is 0.230 e. The molecule has 0 radical (unpaired) electrons. The first-order valence-electron chi connectivity index (χ1n) is 6.51. The van der Waals surface area contributed by atoms with Gasteiger partial charge in [-0.3, -0.25) is 4.90 Å². The van der Waals surface area contributed by atoms with Gasteiger partial charge in [0, 0.05) is 17.4 Å². The van der Waals surface area contributed by atoms with Gasteiger partial charge in [-0.2, -0.15) is 0 Å². The quantitative estimate of drug-likeness (QED) is 0.868. The van der Waals surface area contributed by atoms with E-state index < -0.39 is 0 Å². The second-order valence-electron chi connectivity index (χ2n) is 4.89. The summed E-state index contributed by atoms with van der Waals surface area (Å²) in [6.45, 7) is 3.65. The predicted molar refractivity (Wildman–Crippen MR) is 75.6 cm³/mol. The van der Waals surface area contributed by atoms with Crippen LogP contribution in [-0.2, 0) is 6.54 Å². The van der Waals surface area contributed by atoms with Gasteiger partial charge in [-0.15, -0.1) is 10.2 Å². The fourth-order valence-electron chi connectivity index (χ4n) is 2.65. The SMILES string of the molecule is Cc1nnc(CN2CCCC2c2ccc(Br)cc2)o1. The third kappa shape index (κ3) is 2.87. The van der Waals surface area contributed by atoms with Crippen LogP contribution in [0.3, 0.4) is 0 Å². The molecule has 0 bridgehead atoms. The fourth-order valence-corrected chi connectivity index (χ4v) is 2.92. The molecule has 1 aliphatic rings. The van der Waals surface area contributed by atoms with E-state index >= 15 is 0 Å². The minimum atomic E-state index is 0.459. The monoisotopic (exact) mass is 321 g/mol. The van der Waals surface area contributed by atoms with E-state index in [1.807, 2.05) is 6.92 Å². The highest BCUT2D eigenvalue weighted by Crippen LogP contribution is 2.33. The number of rotatable bonds is 3. The van der Waals surface area contributed by atoms with Crippen molar-refractivity contribution < 1.29 is 4.42 Å². The van der Waals surface area contributed by atoms with E-state index in [4.69, 9.17) is 4.42 Å². The van der Waals surface area contributed by atoms with Crippen LogP contribution in [-0.4, -0.2) is 21.6 Å². The van der Waals surface area contributed by atoms with Crippen molar-refractivity contribution in [2.75, 3.05) is 6.54 Å². The molecule has 2 aromatic rings. The molecule has 4 nitrogen and oxygen atoms in total. The molecule has 3 rings (SSSR count). The van der Waals surface area contributed by atoms with Crippen LogP contribution in [0.25, 0.3) is 0 Å². The molecule has 1 fully saturated rings. The van der Waals surface area contributed by atoms with Gasteiger partial charge in [0.25, 0.3) is 0 Å². The van der Waals surface area contributed by atoms with Gasteiger partial charge in [0.15, 0.2) is 0 Å². The van der Waals surface area contributed by atoms with Crippen molar-refractivity contribution >= 4 is 15.9 Å². The molecular formula is C14H16BrN3O. The lowest BCUT2D eigenvalue weighted by Crippen LogP contribution is -2.22. The first kappa shape index (κ1) is 12.8. The summed E-state index contributed by atoms with van der Waals surface area (Å²) < 4.78 is 6.60. The summed E-state index contributed by atoms with van der Waals surface area (Å²) >= 11 is 3.48. The summed E-state index contributed by atoms with van der Waals surface area (Å²) in [7, 11) is 0. The largest absolute Gasteiger partial charge is 0.424 e. The molecule has 1 aromatic carbocycles. The molecule has 100 valence electrons. The first-order valence-corrected chi connectivity index (χ1v) is 7.30. The molecule has 1 aliphatic heterocycles. The van der Waals surface area contributed by atoms with Crippen molar-refractivity contribution in [2.45, 2.75) is 32.4 Å². The van der Waals surface area contributed by atoms with Gasteiger partial charge in [0.2, 0.25) is 11.8 Å². The Morgan fingerprint density at radius 2 is 2.11 bits per heavy atom. The fraction of sp³-hybridized carbons (Fsp3) is 0.429. The smallest absolute Gasteiger partial charge is 0.230 e. The lowest BCUT2D eigenvalue weighted by molar-refractivity contribution is 0.222. The number of hydrogen-bond donors (Lipinski definition) is 0. The molecule has 19 heavy (non-hydrogen) atoms. The zero-order valence-corrected chi connectivity index (χ0v) is 12.4. The van der Waals surface area contributed by atoms with Crippen molar-refractivity contribution in [3.63, 3.8) is 0 Å². The summed E-state index contributed by atoms with van der Waals surface area (Å²) in [5.41, 5.74) is 1.36. The molecule has 0 saturated carbocycles.